The van der Waals surface area contributed by atoms with Crippen LogP contribution < -0.4 is 5.73 Å². The predicted molar refractivity (Wildman–Crippen MR) is 88.6 cm³/mol. The average Bonchev–Trinajstić information content (AvgIpc) is 3.17. The van der Waals surface area contributed by atoms with Crippen molar-refractivity contribution < 1.29 is 23.6 Å². The predicted octanol–water partition coefficient (Wildman–Crippen LogP) is 1.00. The standard InChI is InChI=1S/C14H16N5O5P/c15-14-10-2-12-13(3-11(10)16-6-17-14)19(7-18-12)8-1-9(23-4-8)5-24-25(20,21)22/h2-3,6-9H,1,4-5H2,(H2,15,16,17)(H2,20,21,22). The lowest BCUT2D eigenvalue weighted by atomic mass is 10.1. The molecular formula is C14H16N5O5P. The van der Waals surface area contributed by atoms with E-state index in [2.05, 4.69) is 19.5 Å². The highest BCUT2D eigenvalue weighted by Gasteiger charge is 2.30. The molecule has 4 N–H and O–H groups in total. The van der Waals surface area contributed by atoms with Crippen molar-refractivity contribution in [2.24, 2.45) is 0 Å². The molecule has 0 aliphatic carbocycles. The number of phosphoric ester groups is 1. The third-order valence-electron chi connectivity index (χ3n) is 4.24. The number of anilines is 1. The van der Waals surface area contributed by atoms with E-state index in [0.717, 1.165) is 21.9 Å². The first-order valence-corrected chi connectivity index (χ1v) is 9.12. The van der Waals surface area contributed by atoms with Crippen molar-refractivity contribution in [2.75, 3.05) is 18.9 Å². The summed E-state index contributed by atoms with van der Waals surface area (Å²) in [5.41, 5.74) is 8.26. The molecule has 2 aromatic heterocycles. The molecular weight excluding hydrogens is 349 g/mol. The summed E-state index contributed by atoms with van der Waals surface area (Å²) in [6.07, 6.45) is 3.31. The summed E-state index contributed by atoms with van der Waals surface area (Å²) in [4.78, 5) is 30.2. The Morgan fingerprint density at radius 1 is 1.32 bits per heavy atom. The zero-order valence-electron chi connectivity index (χ0n) is 13.0. The summed E-state index contributed by atoms with van der Waals surface area (Å²) in [5.74, 6) is 0.403. The fourth-order valence-corrected chi connectivity index (χ4v) is 3.43. The Balaban J connectivity index is 1.61. The molecule has 0 spiro atoms. The van der Waals surface area contributed by atoms with Crippen LogP contribution in [-0.4, -0.2) is 48.6 Å². The van der Waals surface area contributed by atoms with E-state index in [4.69, 9.17) is 20.3 Å². The van der Waals surface area contributed by atoms with E-state index in [1.807, 2.05) is 16.7 Å². The van der Waals surface area contributed by atoms with Crippen molar-refractivity contribution in [3.63, 3.8) is 0 Å². The highest BCUT2D eigenvalue weighted by atomic mass is 31.2. The number of benzene rings is 1. The number of imidazole rings is 1. The van der Waals surface area contributed by atoms with Crippen LogP contribution in [0.5, 0.6) is 0 Å². The lowest BCUT2D eigenvalue weighted by molar-refractivity contribution is 0.0534. The van der Waals surface area contributed by atoms with Crippen molar-refractivity contribution in [3.05, 3.63) is 24.8 Å². The smallest absolute Gasteiger partial charge is 0.383 e. The summed E-state index contributed by atoms with van der Waals surface area (Å²) < 4.78 is 22.9. The number of nitrogen functional groups attached to an aromatic ring is 1. The van der Waals surface area contributed by atoms with Crippen LogP contribution in [0.4, 0.5) is 5.82 Å². The van der Waals surface area contributed by atoms with E-state index >= 15 is 0 Å². The summed E-state index contributed by atoms with van der Waals surface area (Å²) in [6.45, 7) is 0.255. The van der Waals surface area contributed by atoms with Crippen molar-refractivity contribution in [1.82, 2.24) is 19.5 Å². The van der Waals surface area contributed by atoms with Gasteiger partial charge in [0.2, 0.25) is 0 Å². The van der Waals surface area contributed by atoms with Crippen LogP contribution in [0.3, 0.4) is 0 Å². The van der Waals surface area contributed by atoms with E-state index in [1.54, 1.807) is 6.33 Å². The van der Waals surface area contributed by atoms with Crippen LogP contribution in [0.25, 0.3) is 21.9 Å². The maximum Gasteiger partial charge on any atom is 0.469 e. The fraction of sp³-hybridized carbons (Fsp3) is 0.357. The number of phosphoric acid groups is 1. The van der Waals surface area contributed by atoms with Crippen molar-refractivity contribution in [2.45, 2.75) is 18.6 Å². The van der Waals surface area contributed by atoms with Gasteiger partial charge < -0.3 is 24.8 Å². The molecule has 1 aromatic carbocycles. The number of hydrogen-bond donors (Lipinski definition) is 3. The molecule has 4 rings (SSSR count). The number of hydrogen-bond acceptors (Lipinski definition) is 7. The van der Waals surface area contributed by atoms with Gasteiger partial charge >= 0.3 is 7.82 Å². The first-order chi connectivity index (χ1) is 11.9. The number of ether oxygens (including phenoxy) is 1. The quantitative estimate of drug-likeness (QED) is 0.576. The zero-order chi connectivity index (χ0) is 17.6. The summed E-state index contributed by atoms with van der Waals surface area (Å²) in [7, 11) is -4.49. The largest absolute Gasteiger partial charge is 0.469 e. The second-order valence-electron chi connectivity index (χ2n) is 5.90. The molecule has 0 saturated carbocycles. The van der Waals surface area contributed by atoms with Gasteiger partial charge in [-0.05, 0) is 18.6 Å². The summed E-state index contributed by atoms with van der Waals surface area (Å²) in [6, 6.07) is 3.74. The van der Waals surface area contributed by atoms with E-state index in [-0.39, 0.29) is 18.8 Å². The third kappa shape index (κ3) is 3.22. The Labute approximate surface area is 141 Å². The van der Waals surface area contributed by atoms with Crippen molar-refractivity contribution in [1.29, 1.82) is 0 Å². The normalized spacial score (nSPS) is 21.4. The van der Waals surface area contributed by atoms with Gasteiger partial charge in [-0.2, -0.15) is 0 Å². The Morgan fingerprint density at radius 2 is 2.16 bits per heavy atom. The summed E-state index contributed by atoms with van der Waals surface area (Å²) >= 11 is 0. The van der Waals surface area contributed by atoms with Crippen molar-refractivity contribution >= 4 is 35.6 Å². The van der Waals surface area contributed by atoms with Crippen molar-refractivity contribution in [3.8, 4) is 0 Å². The monoisotopic (exact) mass is 365 g/mol. The molecule has 1 saturated heterocycles. The zero-order valence-corrected chi connectivity index (χ0v) is 13.9. The van der Waals surface area contributed by atoms with Gasteiger partial charge in [0.15, 0.2) is 0 Å². The second-order valence-corrected chi connectivity index (χ2v) is 7.14. The molecule has 0 bridgehead atoms. The van der Waals surface area contributed by atoms with Gasteiger partial charge in [0.1, 0.15) is 12.1 Å². The molecule has 1 fully saturated rings. The van der Waals surface area contributed by atoms with Crippen LogP contribution in [0.2, 0.25) is 0 Å². The first kappa shape index (κ1) is 16.4. The first-order valence-electron chi connectivity index (χ1n) is 7.59. The molecule has 2 atom stereocenters. The maximum absolute atomic E-state index is 10.8. The molecule has 1 aliphatic heterocycles. The van der Waals surface area contributed by atoms with E-state index in [1.165, 1.54) is 6.33 Å². The maximum atomic E-state index is 10.8. The Morgan fingerprint density at radius 3 is 2.96 bits per heavy atom. The Bertz CT molecular complexity index is 986. The SMILES string of the molecule is Nc1ncnc2cc3c(cc12)ncn3C1COC(COP(=O)(O)O)C1. The number of fused-ring (bicyclic) bond motifs is 2. The minimum atomic E-state index is -4.49. The lowest BCUT2D eigenvalue weighted by Gasteiger charge is -2.12. The van der Waals surface area contributed by atoms with E-state index < -0.39 is 7.82 Å². The van der Waals surface area contributed by atoms with Crippen LogP contribution >= 0.6 is 7.82 Å². The van der Waals surface area contributed by atoms with Gasteiger partial charge in [0, 0.05) is 5.39 Å². The Hall–Kier alpha value is -2.10. The highest BCUT2D eigenvalue weighted by Crippen LogP contribution is 2.38. The molecule has 11 heteroatoms. The minimum absolute atomic E-state index is 0.00740. The van der Waals surface area contributed by atoms with Crippen LogP contribution in [0.1, 0.15) is 12.5 Å². The van der Waals surface area contributed by atoms with E-state index in [0.29, 0.717) is 18.8 Å². The fourth-order valence-electron chi connectivity index (χ4n) is 3.07. The van der Waals surface area contributed by atoms with Gasteiger partial charge in [-0.3, -0.25) is 4.52 Å². The van der Waals surface area contributed by atoms with Gasteiger partial charge in [-0.25, -0.2) is 19.5 Å². The average molecular weight is 365 g/mol. The molecule has 0 amide bonds. The topological polar surface area (TPSA) is 146 Å². The summed E-state index contributed by atoms with van der Waals surface area (Å²) in [5, 5.41) is 0.746. The second kappa shape index (κ2) is 6.01. The lowest BCUT2D eigenvalue weighted by Crippen LogP contribution is -2.13. The van der Waals surface area contributed by atoms with Gasteiger partial charge in [-0.15, -0.1) is 0 Å². The van der Waals surface area contributed by atoms with Gasteiger partial charge in [0.25, 0.3) is 0 Å². The molecule has 2 unspecified atom stereocenters. The number of rotatable bonds is 4. The molecule has 1 aliphatic rings. The van der Waals surface area contributed by atoms with Gasteiger partial charge in [-0.1, -0.05) is 0 Å². The molecule has 25 heavy (non-hydrogen) atoms. The van der Waals surface area contributed by atoms with Crippen LogP contribution in [0.15, 0.2) is 24.8 Å². The van der Waals surface area contributed by atoms with Crippen LogP contribution in [0, 0.1) is 0 Å². The molecule has 0 radical (unpaired) electrons. The highest BCUT2D eigenvalue weighted by molar-refractivity contribution is 7.46. The third-order valence-corrected chi connectivity index (χ3v) is 4.73. The number of nitrogens with zero attached hydrogens (tertiary/aromatic N) is 4. The Kier molecular flexibility index (Phi) is 3.94. The van der Waals surface area contributed by atoms with Crippen LogP contribution in [-0.2, 0) is 13.8 Å². The molecule has 132 valence electrons. The van der Waals surface area contributed by atoms with Gasteiger partial charge in [0.05, 0.1) is 48.2 Å². The minimum Gasteiger partial charge on any atom is -0.383 e. The van der Waals surface area contributed by atoms with E-state index in [9.17, 15) is 4.57 Å². The molecule has 3 heterocycles. The number of aromatic nitrogens is 4. The molecule has 3 aromatic rings. The molecule has 10 nitrogen and oxygen atoms in total. The number of nitrogens with two attached hydrogens (primary N) is 1.